The molecule has 178 valence electrons. The van der Waals surface area contributed by atoms with E-state index in [-0.39, 0.29) is 18.1 Å². The van der Waals surface area contributed by atoms with Gasteiger partial charge in [-0.15, -0.1) is 6.58 Å². The van der Waals surface area contributed by atoms with Gasteiger partial charge in [0.1, 0.15) is 5.82 Å². The summed E-state index contributed by atoms with van der Waals surface area (Å²) in [5.41, 5.74) is 7.02. The summed E-state index contributed by atoms with van der Waals surface area (Å²) in [6, 6.07) is 8.97. The van der Waals surface area contributed by atoms with Crippen LogP contribution in [0.25, 0.3) is 10.9 Å². The van der Waals surface area contributed by atoms with Gasteiger partial charge in [-0.3, -0.25) is 9.59 Å². The van der Waals surface area contributed by atoms with Crippen LogP contribution in [0.15, 0.2) is 57.4 Å². The fourth-order valence-electron chi connectivity index (χ4n) is 3.43. The summed E-state index contributed by atoms with van der Waals surface area (Å²) < 4.78 is 13.2. The number of aromatic nitrogens is 2. The molecule has 1 atom stereocenters. The zero-order valence-corrected chi connectivity index (χ0v) is 21.0. The molecule has 3 rings (SSSR count). The van der Waals surface area contributed by atoms with Crippen molar-refractivity contribution in [2.24, 2.45) is 10.8 Å². The fraction of sp³-hybridized carbons (Fsp3) is 0.280. The Hall–Kier alpha value is -3.46. The topological polar surface area (TPSA) is 109 Å². The van der Waals surface area contributed by atoms with E-state index in [4.69, 9.17) is 20.2 Å². The first kappa shape index (κ1) is 25.2. The maximum absolute atomic E-state index is 13.3. The molecule has 34 heavy (non-hydrogen) atoms. The van der Waals surface area contributed by atoms with Crippen molar-refractivity contribution in [2.45, 2.75) is 32.6 Å². The second-order valence-electron chi connectivity index (χ2n) is 7.76. The van der Waals surface area contributed by atoms with Crippen molar-refractivity contribution < 1.29 is 14.3 Å². The lowest BCUT2D eigenvalue weighted by molar-refractivity contribution is -0.119. The summed E-state index contributed by atoms with van der Waals surface area (Å²) in [5, 5.41) is 4.98. The molecule has 1 heterocycles. The minimum atomic E-state index is -0.593. The quantitative estimate of drug-likeness (QED) is 0.315. The molecule has 8 nitrogen and oxygen atoms in total. The maximum Gasteiger partial charge on any atom is 0.282 e. The third-order valence-corrected chi connectivity index (χ3v) is 5.80. The molecule has 0 unspecified atom stereocenters. The fourth-order valence-corrected chi connectivity index (χ4v) is 3.79. The molecule has 9 heteroatoms. The molecule has 0 saturated carbocycles. The molecule has 3 aromatic rings. The first-order chi connectivity index (χ1) is 16.3. The summed E-state index contributed by atoms with van der Waals surface area (Å²) in [4.78, 5) is 29.2. The molecular formula is C25H27BrN4O4. The zero-order chi connectivity index (χ0) is 24.8. The largest absolute Gasteiger partial charge is 0.493 e. The van der Waals surface area contributed by atoms with Crippen LogP contribution in [-0.2, 0) is 11.2 Å². The van der Waals surface area contributed by atoms with Crippen LogP contribution in [0.1, 0.15) is 43.1 Å². The van der Waals surface area contributed by atoms with Gasteiger partial charge in [0.25, 0.3) is 11.5 Å². The number of allylic oxidation sites excluding steroid dienone is 1. The van der Waals surface area contributed by atoms with Gasteiger partial charge in [0.2, 0.25) is 0 Å². The second kappa shape index (κ2) is 11.1. The van der Waals surface area contributed by atoms with Gasteiger partial charge in [-0.05, 0) is 48.7 Å². The number of carbonyl (C=O) groups excluding carboxylic acids is 1. The molecule has 0 radical (unpaired) electrons. The number of halogens is 1. The van der Waals surface area contributed by atoms with E-state index in [1.54, 1.807) is 24.4 Å². The number of nitrogens with zero attached hydrogens (tertiary/aromatic N) is 3. The van der Waals surface area contributed by atoms with Gasteiger partial charge >= 0.3 is 0 Å². The summed E-state index contributed by atoms with van der Waals surface area (Å²) in [7, 11) is 1.50. The van der Waals surface area contributed by atoms with Crippen LogP contribution in [0.5, 0.6) is 11.5 Å². The van der Waals surface area contributed by atoms with Crippen molar-refractivity contribution >= 4 is 39.0 Å². The highest BCUT2D eigenvalue weighted by Gasteiger charge is 2.17. The summed E-state index contributed by atoms with van der Waals surface area (Å²) in [6.07, 6.45) is 4.55. The van der Waals surface area contributed by atoms with E-state index in [1.165, 1.54) is 11.8 Å². The number of hydrogen-bond donors (Lipinski definition) is 1. The SMILES string of the molecule is C=CCc1cc(C=Nn2c([C@@H](C)CC)nc3ccc(Br)cc3c2=O)cc(OC)c1OCC(N)=O. The van der Waals surface area contributed by atoms with Crippen LogP contribution in [-0.4, -0.2) is 35.5 Å². The molecule has 2 aromatic carbocycles. The van der Waals surface area contributed by atoms with Crippen LogP contribution < -0.4 is 20.8 Å². The Bertz CT molecular complexity index is 1320. The number of methoxy groups -OCH3 is 1. The van der Waals surface area contributed by atoms with Crippen LogP contribution in [0.4, 0.5) is 0 Å². The Morgan fingerprint density at radius 3 is 2.76 bits per heavy atom. The molecule has 0 spiro atoms. The molecule has 0 bridgehead atoms. The summed E-state index contributed by atoms with van der Waals surface area (Å²) >= 11 is 3.42. The Balaban J connectivity index is 2.14. The third-order valence-electron chi connectivity index (χ3n) is 5.31. The lowest BCUT2D eigenvalue weighted by Gasteiger charge is -2.15. The highest BCUT2D eigenvalue weighted by molar-refractivity contribution is 9.10. The average Bonchev–Trinajstić information content (AvgIpc) is 2.82. The van der Waals surface area contributed by atoms with E-state index in [0.29, 0.717) is 40.2 Å². The highest BCUT2D eigenvalue weighted by atomic mass is 79.9. The van der Waals surface area contributed by atoms with E-state index in [1.807, 2.05) is 32.0 Å². The van der Waals surface area contributed by atoms with Gasteiger partial charge in [-0.25, -0.2) is 4.98 Å². The zero-order valence-electron chi connectivity index (χ0n) is 19.4. The number of amides is 1. The predicted molar refractivity (Wildman–Crippen MR) is 137 cm³/mol. The first-order valence-corrected chi connectivity index (χ1v) is 11.6. The monoisotopic (exact) mass is 526 g/mol. The van der Waals surface area contributed by atoms with Gasteiger partial charge in [-0.2, -0.15) is 9.78 Å². The lowest BCUT2D eigenvalue weighted by Crippen LogP contribution is -2.23. The predicted octanol–water partition coefficient (Wildman–Crippen LogP) is 4.16. The van der Waals surface area contributed by atoms with Crippen LogP contribution in [0, 0.1) is 0 Å². The Labute approximate surface area is 206 Å². The maximum atomic E-state index is 13.3. The average molecular weight is 527 g/mol. The summed E-state index contributed by atoms with van der Waals surface area (Å²) in [5.74, 6) is 0.835. The molecule has 0 aliphatic rings. The number of nitrogens with two attached hydrogens (primary N) is 1. The number of rotatable bonds is 10. The number of carbonyl (C=O) groups is 1. The molecule has 0 aliphatic heterocycles. The molecule has 0 aliphatic carbocycles. The third kappa shape index (κ3) is 5.53. The lowest BCUT2D eigenvalue weighted by atomic mass is 10.1. The summed E-state index contributed by atoms with van der Waals surface area (Å²) in [6.45, 7) is 7.55. The minimum Gasteiger partial charge on any atom is -0.493 e. The molecule has 1 amide bonds. The number of ether oxygens (including phenoxy) is 2. The number of benzene rings is 2. The van der Waals surface area contributed by atoms with Crippen LogP contribution in [0.2, 0.25) is 0 Å². The smallest absolute Gasteiger partial charge is 0.282 e. The minimum absolute atomic E-state index is 0.0216. The van der Waals surface area contributed by atoms with Crippen LogP contribution >= 0.6 is 15.9 Å². The second-order valence-corrected chi connectivity index (χ2v) is 8.68. The van der Waals surface area contributed by atoms with Crippen molar-refractivity contribution in [3.05, 3.63) is 74.8 Å². The van der Waals surface area contributed by atoms with Gasteiger partial charge in [-0.1, -0.05) is 35.9 Å². The van der Waals surface area contributed by atoms with E-state index >= 15 is 0 Å². The standard InChI is InChI=1S/C25H27BrN4O4/c1-5-7-17-10-16(11-21(33-4)23(17)34-14-22(27)31)13-28-30-24(15(3)6-2)29-20-9-8-18(26)12-19(20)25(30)32/h5,8-13,15H,1,6-7,14H2,2-4H3,(H2,27,31)/t15-/m0/s1. The molecule has 0 fully saturated rings. The Morgan fingerprint density at radius 2 is 2.12 bits per heavy atom. The molecular weight excluding hydrogens is 500 g/mol. The normalized spacial score (nSPS) is 12.1. The van der Waals surface area contributed by atoms with Crippen molar-refractivity contribution in [3.63, 3.8) is 0 Å². The molecule has 2 N–H and O–H groups in total. The van der Waals surface area contributed by atoms with Crippen molar-refractivity contribution in [3.8, 4) is 11.5 Å². The highest BCUT2D eigenvalue weighted by Crippen LogP contribution is 2.33. The molecule has 0 saturated heterocycles. The van der Waals surface area contributed by atoms with Crippen molar-refractivity contribution in [2.75, 3.05) is 13.7 Å². The van der Waals surface area contributed by atoms with E-state index < -0.39 is 5.91 Å². The van der Waals surface area contributed by atoms with Crippen LogP contribution in [0.3, 0.4) is 0 Å². The number of primary amides is 1. The van der Waals surface area contributed by atoms with Gasteiger partial charge in [0, 0.05) is 16.0 Å². The van der Waals surface area contributed by atoms with E-state index in [0.717, 1.165) is 16.5 Å². The van der Waals surface area contributed by atoms with Crippen molar-refractivity contribution in [1.82, 2.24) is 9.66 Å². The van der Waals surface area contributed by atoms with E-state index in [9.17, 15) is 9.59 Å². The van der Waals surface area contributed by atoms with Crippen molar-refractivity contribution in [1.29, 1.82) is 0 Å². The number of fused-ring (bicyclic) bond motifs is 1. The Morgan fingerprint density at radius 1 is 1.35 bits per heavy atom. The van der Waals surface area contributed by atoms with E-state index in [2.05, 4.69) is 27.6 Å². The van der Waals surface area contributed by atoms with Gasteiger partial charge in [0.05, 0.1) is 24.2 Å². The Kier molecular flexibility index (Phi) is 8.22. The van der Waals surface area contributed by atoms with Gasteiger partial charge < -0.3 is 15.2 Å². The number of hydrogen-bond acceptors (Lipinski definition) is 6. The van der Waals surface area contributed by atoms with Gasteiger partial charge in [0.15, 0.2) is 18.1 Å². The first-order valence-electron chi connectivity index (χ1n) is 10.8. The molecule has 1 aromatic heterocycles.